The highest BCUT2D eigenvalue weighted by atomic mass is 35.5. The number of halogens is 2. The van der Waals surface area contributed by atoms with Gasteiger partial charge >= 0.3 is 5.97 Å². The van der Waals surface area contributed by atoms with E-state index in [9.17, 15) is 9.59 Å². The molecule has 0 radical (unpaired) electrons. The number of benzene rings is 2. The van der Waals surface area contributed by atoms with Gasteiger partial charge in [-0.25, -0.2) is 4.79 Å². The SMILES string of the molecule is CC(C)C(=O)Nc1cccc(C(=O)OCc2ccc(Cl)cc2Cl)c1. The molecule has 0 aliphatic heterocycles. The van der Waals surface area contributed by atoms with Crippen LogP contribution in [-0.2, 0) is 16.1 Å². The highest BCUT2D eigenvalue weighted by molar-refractivity contribution is 6.35. The molecule has 2 aromatic rings. The normalized spacial score (nSPS) is 10.5. The second-order valence-corrected chi connectivity index (χ2v) is 6.38. The summed E-state index contributed by atoms with van der Waals surface area (Å²) in [6.45, 7) is 3.63. The summed E-state index contributed by atoms with van der Waals surface area (Å²) in [6.07, 6.45) is 0. The van der Waals surface area contributed by atoms with E-state index in [2.05, 4.69) is 5.32 Å². The fraction of sp³-hybridized carbons (Fsp3) is 0.222. The van der Waals surface area contributed by atoms with Gasteiger partial charge in [-0.1, -0.05) is 49.2 Å². The number of hydrogen-bond donors (Lipinski definition) is 1. The molecule has 0 spiro atoms. The summed E-state index contributed by atoms with van der Waals surface area (Å²) < 4.78 is 5.26. The van der Waals surface area contributed by atoms with Gasteiger partial charge in [-0.2, -0.15) is 0 Å². The van der Waals surface area contributed by atoms with Crippen LogP contribution in [-0.4, -0.2) is 11.9 Å². The minimum atomic E-state index is -0.498. The highest BCUT2D eigenvalue weighted by Gasteiger charge is 2.12. The quantitative estimate of drug-likeness (QED) is 0.763. The highest BCUT2D eigenvalue weighted by Crippen LogP contribution is 2.22. The van der Waals surface area contributed by atoms with Crippen LogP contribution >= 0.6 is 23.2 Å². The molecule has 1 amide bonds. The molecule has 0 saturated carbocycles. The van der Waals surface area contributed by atoms with Crippen molar-refractivity contribution in [1.82, 2.24) is 0 Å². The van der Waals surface area contributed by atoms with Gasteiger partial charge < -0.3 is 10.1 Å². The number of esters is 1. The average molecular weight is 366 g/mol. The molecule has 2 aromatic carbocycles. The molecule has 126 valence electrons. The van der Waals surface area contributed by atoms with Crippen molar-refractivity contribution in [3.05, 3.63) is 63.6 Å². The minimum absolute atomic E-state index is 0.0391. The molecule has 0 aliphatic carbocycles. The monoisotopic (exact) mass is 365 g/mol. The van der Waals surface area contributed by atoms with Crippen LogP contribution in [0.4, 0.5) is 5.69 Å². The molecule has 0 aromatic heterocycles. The Morgan fingerprint density at radius 3 is 2.54 bits per heavy atom. The van der Waals surface area contributed by atoms with E-state index in [4.69, 9.17) is 27.9 Å². The summed E-state index contributed by atoms with van der Waals surface area (Å²) >= 11 is 11.9. The maximum atomic E-state index is 12.2. The molecule has 0 bridgehead atoms. The predicted molar refractivity (Wildman–Crippen MR) is 95.5 cm³/mol. The van der Waals surface area contributed by atoms with Gasteiger partial charge in [0.25, 0.3) is 0 Å². The van der Waals surface area contributed by atoms with E-state index in [1.54, 1.807) is 56.3 Å². The van der Waals surface area contributed by atoms with Crippen molar-refractivity contribution in [3.8, 4) is 0 Å². The van der Waals surface area contributed by atoms with Crippen molar-refractivity contribution in [2.24, 2.45) is 5.92 Å². The van der Waals surface area contributed by atoms with E-state index in [-0.39, 0.29) is 18.4 Å². The van der Waals surface area contributed by atoms with Crippen molar-refractivity contribution < 1.29 is 14.3 Å². The van der Waals surface area contributed by atoms with Crippen molar-refractivity contribution in [2.75, 3.05) is 5.32 Å². The van der Waals surface area contributed by atoms with E-state index < -0.39 is 5.97 Å². The fourth-order valence-electron chi connectivity index (χ4n) is 1.88. The van der Waals surface area contributed by atoms with Crippen LogP contribution in [0.2, 0.25) is 10.0 Å². The first-order valence-electron chi connectivity index (χ1n) is 7.39. The van der Waals surface area contributed by atoms with Gasteiger partial charge in [0.1, 0.15) is 6.61 Å². The van der Waals surface area contributed by atoms with Gasteiger partial charge in [0.05, 0.1) is 5.56 Å². The largest absolute Gasteiger partial charge is 0.457 e. The number of amides is 1. The third-order valence-electron chi connectivity index (χ3n) is 3.26. The zero-order valence-electron chi connectivity index (χ0n) is 13.3. The summed E-state index contributed by atoms with van der Waals surface area (Å²) in [7, 11) is 0. The molecule has 0 unspecified atom stereocenters. The van der Waals surface area contributed by atoms with Gasteiger partial charge in [0.15, 0.2) is 0 Å². The number of anilines is 1. The molecule has 24 heavy (non-hydrogen) atoms. The molecule has 0 saturated heterocycles. The van der Waals surface area contributed by atoms with E-state index in [1.165, 1.54) is 0 Å². The molecule has 6 heteroatoms. The molecule has 0 fully saturated rings. The van der Waals surface area contributed by atoms with E-state index in [1.807, 2.05) is 0 Å². The summed E-state index contributed by atoms with van der Waals surface area (Å²) in [4.78, 5) is 23.9. The first-order valence-corrected chi connectivity index (χ1v) is 8.14. The maximum absolute atomic E-state index is 12.2. The molecule has 0 heterocycles. The lowest BCUT2D eigenvalue weighted by molar-refractivity contribution is -0.118. The van der Waals surface area contributed by atoms with Crippen molar-refractivity contribution in [2.45, 2.75) is 20.5 Å². The zero-order valence-corrected chi connectivity index (χ0v) is 14.8. The standard InChI is InChI=1S/C18H17Cl2NO3/c1-11(2)17(22)21-15-5-3-4-12(8-15)18(23)24-10-13-6-7-14(19)9-16(13)20/h3-9,11H,10H2,1-2H3,(H,21,22). The lowest BCUT2D eigenvalue weighted by Crippen LogP contribution is -2.18. The average Bonchev–Trinajstić information content (AvgIpc) is 2.54. The second-order valence-electron chi connectivity index (χ2n) is 5.54. The summed E-state index contributed by atoms with van der Waals surface area (Å²) in [6, 6.07) is 11.6. The molecule has 2 rings (SSSR count). The number of rotatable bonds is 5. The molecule has 4 nitrogen and oxygen atoms in total. The molecular formula is C18H17Cl2NO3. The van der Waals surface area contributed by atoms with Crippen LogP contribution in [0, 0.1) is 5.92 Å². The Bertz CT molecular complexity index is 760. The summed E-state index contributed by atoms with van der Waals surface area (Å²) in [5, 5.41) is 3.70. The smallest absolute Gasteiger partial charge is 0.338 e. The first kappa shape index (κ1) is 18.3. The molecule has 0 atom stereocenters. The lowest BCUT2D eigenvalue weighted by Gasteiger charge is -2.10. The van der Waals surface area contributed by atoms with Crippen molar-refractivity contribution in [1.29, 1.82) is 0 Å². The maximum Gasteiger partial charge on any atom is 0.338 e. The number of ether oxygens (including phenoxy) is 1. The van der Waals surface area contributed by atoms with Crippen LogP contribution in [0.1, 0.15) is 29.8 Å². The van der Waals surface area contributed by atoms with Crippen LogP contribution < -0.4 is 5.32 Å². The van der Waals surface area contributed by atoms with Crippen LogP contribution in [0.3, 0.4) is 0 Å². The van der Waals surface area contributed by atoms with Gasteiger partial charge in [0.2, 0.25) is 5.91 Å². The zero-order chi connectivity index (χ0) is 17.7. The Kier molecular flexibility index (Phi) is 6.23. The minimum Gasteiger partial charge on any atom is -0.457 e. The van der Waals surface area contributed by atoms with Crippen LogP contribution in [0.15, 0.2) is 42.5 Å². The Morgan fingerprint density at radius 1 is 1.12 bits per heavy atom. The Balaban J connectivity index is 2.03. The summed E-state index contributed by atoms with van der Waals surface area (Å²) in [5.41, 5.74) is 1.56. The van der Waals surface area contributed by atoms with Crippen LogP contribution in [0.25, 0.3) is 0 Å². The van der Waals surface area contributed by atoms with E-state index >= 15 is 0 Å². The van der Waals surface area contributed by atoms with Crippen molar-refractivity contribution in [3.63, 3.8) is 0 Å². The Hall–Kier alpha value is -2.04. The van der Waals surface area contributed by atoms with E-state index in [0.717, 1.165) is 0 Å². The van der Waals surface area contributed by atoms with Gasteiger partial charge in [-0.05, 0) is 30.3 Å². The molecule has 1 N–H and O–H groups in total. The topological polar surface area (TPSA) is 55.4 Å². The number of carbonyl (C=O) groups is 2. The number of nitrogens with one attached hydrogen (secondary N) is 1. The third kappa shape index (κ3) is 4.98. The Labute approximate surface area is 150 Å². The predicted octanol–water partition coefficient (Wildman–Crippen LogP) is 4.94. The Morgan fingerprint density at radius 2 is 1.88 bits per heavy atom. The summed E-state index contributed by atoms with van der Waals surface area (Å²) in [5.74, 6) is -0.761. The molecular weight excluding hydrogens is 349 g/mol. The third-order valence-corrected chi connectivity index (χ3v) is 3.85. The van der Waals surface area contributed by atoms with Crippen molar-refractivity contribution >= 4 is 40.8 Å². The van der Waals surface area contributed by atoms with Crippen LogP contribution in [0.5, 0.6) is 0 Å². The first-order chi connectivity index (χ1) is 11.4. The van der Waals surface area contributed by atoms with Gasteiger partial charge in [-0.3, -0.25) is 4.79 Å². The lowest BCUT2D eigenvalue weighted by atomic mass is 10.1. The van der Waals surface area contributed by atoms with Gasteiger partial charge in [0, 0.05) is 27.2 Å². The number of hydrogen-bond acceptors (Lipinski definition) is 3. The second kappa shape index (κ2) is 8.18. The van der Waals surface area contributed by atoms with Gasteiger partial charge in [-0.15, -0.1) is 0 Å². The molecule has 0 aliphatic rings. The number of carbonyl (C=O) groups excluding carboxylic acids is 2. The fourth-order valence-corrected chi connectivity index (χ4v) is 2.34. The van der Waals surface area contributed by atoms with E-state index in [0.29, 0.717) is 26.9 Å².